The first-order chi connectivity index (χ1) is 11.0. The van der Waals surface area contributed by atoms with Gasteiger partial charge >= 0.3 is 0 Å². The van der Waals surface area contributed by atoms with Crippen molar-refractivity contribution in [3.05, 3.63) is 51.8 Å². The summed E-state index contributed by atoms with van der Waals surface area (Å²) in [6, 6.07) is 8.82. The molecule has 0 unspecified atom stereocenters. The number of rotatable bonds is 4. The summed E-state index contributed by atoms with van der Waals surface area (Å²) in [5.41, 5.74) is 6.89. The zero-order valence-corrected chi connectivity index (χ0v) is 15.0. The average molecular weight is 395 g/mol. The Morgan fingerprint density at radius 2 is 1.78 bits per heavy atom. The van der Waals surface area contributed by atoms with Crippen molar-refractivity contribution in [3.8, 4) is 0 Å². The summed E-state index contributed by atoms with van der Waals surface area (Å²) in [7, 11) is 0. The molecule has 2 amide bonds. The molecule has 0 atom stereocenters. The third-order valence-electron chi connectivity index (χ3n) is 2.73. The van der Waals surface area contributed by atoms with E-state index < -0.39 is 5.91 Å². The summed E-state index contributed by atoms with van der Waals surface area (Å²) >= 11 is 4.50. The first-order valence-electron chi connectivity index (χ1n) is 6.74. The highest BCUT2D eigenvalue weighted by molar-refractivity contribution is 9.10. The molecular weight excluding hydrogens is 380 g/mol. The van der Waals surface area contributed by atoms with Crippen LogP contribution in [-0.4, -0.2) is 27.5 Å². The summed E-state index contributed by atoms with van der Waals surface area (Å²) in [6.45, 7) is 3.74. The lowest BCUT2D eigenvalue weighted by atomic mass is 10.2. The highest BCUT2D eigenvalue weighted by Gasteiger charge is 2.11. The van der Waals surface area contributed by atoms with Crippen LogP contribution in [0.15, 0.2) is 40.0 Å². The topological polar surface area (TPSA) is 84.0 Å². The standard InChI is InChI=1S/C15H15BrN4O2S/c1-9-7-10(2)18-15(17-9)23-8-13(21)19-20-14(22)11-5-3-4-6-12(11)16/h3-7H,8H2,1-2H3,(H,19,21)(H,20,22). The molecule has 2 rings (SSSR count). The molecule has 0 saturated carbocycles. The molecular formula is C15H15BrN4O2S. The Morgan fingerprint density at radius 3 is 2.43 bits per heavy atom. The van der Waals surface area contributed by atoms with Crippen molar-refractivity contribution in [1.82, 2.24) is 20.8 Å². The van der Waals surface area contributed by atoms with E-state index in [1.165, 1.54) is 11.8 Å². The number of amides is 2. The minimum absolute atomic E-state index is 0.110. The molecule has 0 bridgehead atoms. The Labute approximate surface area is 146 Å². The normalized spacial score (nSPS) is 10.2. The maximum atomic E-state index is 11.9. The van der Waals surface area contributed by atoms with Crippen molar-refractivity contribution in [1.29, 1.82) is 0 Å². The van der Waals surface area contributed by atoms with Gasteiger partial charge in [0.15, 0.2) is 5.16 Å². The van der Waals surface area contributed by atoms with E-state index in [9.17, 15) is 9.59 Å². The molecule has 1 aromatic heterocycles. The quantitative estimate of drug-likeness (QED) is 0.472. The molecule has 0 spiro atoms. The van der Waals surface area contributed by atoms with Crippen LogP contribution in [0.5, 0.6) is 0 Å². The van der Waals surface area contributed by atoms with Crippen molar-refractivity contribution >= 4 is 39.5 Å². The van der Waals surface area contributed by atoms with Gasteiger partial charge in [0.1, 0.15) is 0 Å². The van der Waals surface area contributed by atoms with Crippen molar-refractivity contribution in [2.45, 2.75) is 19.0 Å². The second-order valence-electron chi connectivity index (χ2n) is 4.70. The lowest BCUT2D eigenvalue weighted by molar-refractivity contribution is -0.119. The summed E-state index contributed by atoms with van der Waals surface area (Å²) < 4.78 is 0.657. The number of aryl methyl sites for hydroxylation is 2. The highest BCUT2D eigenvalue weighted by atomic mass is 79.9. The lowest BCUT2D eigenvalue weighted by Gasteiger charge is -2.08. The molecule has 6 nitrogen and oxygen atoms in total. The van der Waals surface area contributed by atoms with Gasteiger partial charge < -0.3 is 0 Å². The smallest absolute Gasteiger partial charge is 0.270 e. The maximum Gasteiger partial charge on any atom is 0.270 e. The van der Waals surface area contributed by atoms with Crippen molar-refractivity contribution in [2.75, 3.05) is 5.75 Å². The predicted octanol–water partition coefficient (Wildman–Crippen LogP) is 2.41. The van der Waals surface area contributed by atoms with Crippen LogP contribution in [0.2, 0.25) is 0 Å². The van der Waals surface area contributed by atoms with Gasteiger partial charge in [0.05, 0.1) is 11.3 Å². The van der Waals surface area contributed by atoms with Crippen LogP contribution in [0.3, 0.4) is 0 Å². The van der Waals surface area contributed by atoms with Crippen molar-refractivity contribution < 1.29 is 9.59 Å². The van der Waals surface area contributed by atoms with Crippen LogP contribution in [0.4, 0.5) is 0 Å². The molecule has 2 N–H and O–H groups in total. The first-order valence-corrected chi connectivity index (χ1v) is 8.52. The van der Waals surface area contributed by atoms with Gasteiger partial charge in [-0.05, 0) is 48.0 Å². The van der Waals surface area contributed by atoms with Crippen LogP contribution in [0.1, 0.15) is 21.7 Å². The molecule has 0 aliphatic carbocycles. The Balaban J connectivity index is 1.83. The van der Waals surface area contributed by atoms with E-state index in [0.29, 0.717) is 15.2 Å². The second-order valence-corrected chi connectivity index (χ2v) is 6.50. The van der Waals surface area contributed by atoms with Crippen molar-refractivity contribution in [2.24, 2.45) is 0 Å². The largest absolute Gasteiger partial charge is 0.272 e. The number of hydrogen-bond donors (Lipinski definition) is 2. The van der Waals surface area contributed by atoms with Crippen LogP contribution < -0.4 is 10.9 Å². The van der Waals surface area contributed by atoms with Gasteiger partial charge in [0.25, 0.3) is 5.91 Å². The number of hydrogen-bond acceptors (Lipinski definition) is 5. The maximum absolute atomic E-state index is 11.9. The fourth-order valence-corrected chi connectivity index (χ4v) is 2.98. The predicted molar refractivity (Wildman–Crippen MR) is 92.0 cm³/mol. The molecule has 0 aliphatic rings. The molecule has 2 aromatic rings. The fraction of sp³-hybridized carbons (Fsp3) is 0.200. The Kier molecular flexibility index (Phi) is 6.12. The summed E-state index contributed by atoms with van der Waals surface area (Å²) in [6.07, 6.45) is 0. The lowest BCUT2D eigenvalue weighted by Crippen LogP contribution is -2.42. The SMILES string of the molecule is Cc1cc(C)nc(SCC(=O)NNC(=O)c2ccccc2Br)n1. The molecule has 8 heteroatoms. The summed E-state index contributed by atoms with van der Waals surface area (Å²) in [5.74, 6) is -0.615. The summed E-state index contributed by atoms with van der Waals surface area (Å²) in [4.78, 5) is 32.2. The van der Waals surface area contributed by atoms with Crippen LogP contribution in [0, 0.1) is 13.8 Å². The number of aromatic nitrogens is 2. The van der Waals surface area contributed by atoms with Gasteiger partial charge in [-0.1, -0.05) is 23.9 Å². The van der Waals surface area contributed by atoms with Gasteiger partial charge in [-0.3, -0.25) is 20.4 Å². The molecule has 0 aliphatic heterocycles. The van der Waals surface area contributed by atoms with E-state index in [2.05, 4.69) is 36.7 Å². The number of carbonyl (C=O) groups is 2. The van der Waals surface area contributed by atoms with Gasteiger partial charge in [-0.2, -0.15) is 0 Å². The number of halogens is 1. The van der Waals surface area contributed by atoms with Crippen LogP contribution in [-0.2, 0) is 4.79 Å². The summed E-state index contributed by atoms with van der Waals surface area (Å²) in [5, 5.41) is 0.537. The third kappa shape index (κ3) is 5.33. The molecule has 0 saturated heterocycles. The van der Waals surface area contributed by atoms with Crippen LogP contribution in [0.25, 0.3) is 0 Å². The second kappa shape index (κ2) is 8.07. The Bertz CT molecular complexity index is 719. The monoisotopic (exact) mass is 394 g/mol. The molecule has 0 fully saturated rings. The minimum atomic E-state index is -0.390. The zero-order chi connectivity index (χ0) is 16.8. The molecule has 120 valence electrons. The highest BCUT2D eigenvalue weighted by Crippen LogP contribution is 2.15. The Hall–Kier alpha value is -1.93. The van der Waals surface area contributed by atoms with Gasteiger partial charge in [-0.15, -0.1) is 0 Å². The number of hydrazine groups is 1. The van der Waals surface area contributed by atoms with Gasteiger partial charge in [0, 0.05) is 15.9 Å². The molecule has 1 heterocycles. The number of benzene rings is 1. The Morgan fingerprint density at radius 1 is 1.13 bits per heavy atom. The van der Waals surface area contributed by atoms with Gasteiger partial charge in [-0.25, -0.2) is 9.97 Å². The number of thioether (sulfide) groups is 1. The minimum Gasteiger partial charge on any atom is -0.272 e. The number of nitrogens with zero attached hydrogens (tertiary/aromatic N) is 2. The van der Waals surface area contributed by atoms with E-state index in [4.69, 9.17) is 0 Å². The zero-order valence-electron chi connectivity index (χ0n) is 12.6. The molecule has 1 aromatic carbocycles. The fourth-order valence-electron chi connectivity index (χ4n) is 1.76. The van der Waals surface area contributed by atoms with E-state index in [1.54, 1.807) is 24.3 Å². The molecule has 23 heavy (non-hydrogen) atoms. The number of nitrogens with one attached hydrogen (secondary N) is 2. The van der Waals surface area contributed by atoms with Crippen LogP contribution >= 0.6 is 27.7 Å². The first kappa shape index (κ1) is 17.4. The van der Waals surface area contributed by atoms with E-state index in [0.717, 1.165) is 11.4 Å². The van der Waals surface area contributed by atoms with E-state index in [1.807, 2.05) is 19.9 Å². The van der Waals surface area contributed by atoms with Gasteiger partial charge in [0.2, 0.25) is 5.91 Å². The third-order valence-corrected chi connectivity index (χ3v) is 4.27. The molecule has 0 radical (unpaired) electrons. The number of carbonyl (C=O) groups excluding carboxylic acids is 2. The average Bonchev–Trinajstić information content (AvgIpc) is 2.50. The van der Waals surface area contributed by atoms with E-state index in [-0.39, 0.29) is 11.7 Å². The van der Waals surface area contributed by atoms with E-state index >= 15 is 0 Å². The van der Waals surface area contributed by atoms with Crippen molar-refractivity contribution in [3.63, 3.8) is 0 Å².